The molecule has 0 bridgehead atoms. The number of hydrogen-bond acceptors (Lipinski definition) is 5. The molecule has 0 radical (unpaired) electrons. The molecule has 0 aliphatic heterocycles. The van der Waals surface area contributed by atoms with Crippen molar-refractivity contribution in [2.75, 3.05) is 13.2 Å². The van der Waals surface area contributed by atoms with E-state index in [0.717, 1.165) is 64.2 Å². The molecule has 0 spiro atoms. The summed E-state index contributed by atoms with van der Waals surface area (Å²) in [5.74, 6) is -0.620. The minimum atomic E-state index is -0.778. The molecule has 1 N–H and O–H groups in total. The first-order valence-corrected chi connectivity index (χ1v) is 17.0. The molecule has 0 heterocycles. The molecule has 0 aromatic heterocycles. The second kappa shape index (κ2) is 32.6. The minimum Gasteiger partial charge on any atom is -0.462 e. The van der Waals surface area contributed by atoms with Gasteiger partial charge in [-0.2, -0.15) is 0 Å². The summed E-state index contributed by atoms with van der Waals surface area (Å²) in [5, 5.41) is 9.50. The Hall–Kier alpha value is -1.88. The highest BCUT2D eigenvalue weighted by Gasteiger charge is 2.16. The van der Waals surface area contributed by atoms with Crippen molar-refractivity contribution < 1.29 is 24.2 Å². The van der Waals surface area contributed by atoms with Gasteiger partial charge in [0, 0.05) is 12.8 Å². The van der Waals surface area contributed by atoms with E-state index in [2.05, 4.69) is 50.3 Å². The molecule has 0 unspecified atom stereocenters. The van der Waals surface area contributed by atoms with Gasteiger partial charge in [-0.3, -0.25) is 9.59 Å². The van der Waals surface area contributed by atoms with Crippen molar-refractivity contribution >= 4 is 11.9 Å². The van der Waals surface area contributed by atoms with E-state index < -0.39 is 6.10 Å². The molecular formula is C36H64O5. The van der Waals surface area contributed by atoms with Gasteiger partial charge in [0.2, 0.25) is 0 Å². The molecule has 0 aliphatic rings. The van der Waals surface area contributed by atoms with Crippen molar-refractivity contribution in [1.29, 1.82) is 0 Å². The highest BCUT2D eigenvalue weighted by atomic mass is 16.6. The standard InChI is InChI=1S/C36H64O5/c1-3-5-7-9-11-13-15-17-19-21-23-25-27-29-31-36(39)41-34(32-37)33-40-35(38)30-28-26-24-22-20-18-16-14-12-10-8-6-4-2/h9,11,14-17,34,37H,3-8,10,12-13,18-33H2,1-2H3/b11-9-,16-14-,17-15-/t34-/m0/s1. The lowest BCUT2D eigenvalue weighted by Crippen LogP contribution is -2.28. The summed E-state index contributed by atoms with van der Waals surface area (Å²) in [6.07, 6.45) is 37.6. The van der Waals surface area contributed by atoms with Crippen LogP contribution in [0.2, 0.25) is 0 Å². The Kier molecular flexibility index (Phi) is 31.1. The first-order valence-electron chi connectivity index (χ1n) is 17.0. The number of allylic oxidation sites excluding steroid dienone is 6. The van der Waals surface area contributed by atoms with E-state index in [9.17, 15) is 14.7 Å². The van der Waals surface area contributed by atoms with Crippen LogP contribution in [0.5, 0.6) is 0 Å². The molecule has 5 heteroatoms. The minimum absolute atomic E-state index is 0.0755. The van der Waals surface area contributed by atoms with Crippen LogP contribution in [0.1, 0.15) is 162 Å². The molecular weight excluding hydrogens is 512 g/mol. The zero-order chi connectivity index (χ0) is 30.1. The third-order valence-corrected chi connectivity index (χ3v) is 7.16. The van der Waals surface area contributed by atoms with E-state index in [0.29, 0.717) is 12.8 Å². The summed E-state index contributed by atoms with van der Waals surface area (Å²) >= 11 is 0. The van der Waals surface area contributed by atoms with Crippen LogP contribution in [0.4, 0.5) is 0 Å². The molecule has 0 aromatic carbocycles. The first-order chi connectivity index (χ1) is 20.1. The summed E-state index contributed by atoms with van der Waals surface area (Å²) in [4.78, 5) is 24.1. The molecule has 0 fully saturated rings. The maximum atomic E-state index is 12.1. The second-order valence-corrected chi connectivity index (χ2v) is 11.2. The van der Waals surface area contributed by atoms with Crippen molar-refractivity contribution in [3.05, 3.63) is 36.5 Å². The molecule has 1 atom stereocenters. The number of unbranched alkanes of at least 4 members (excludes halogenated alkanes) is 16. The van der Waals surface area contributed by atoms with Gasteiger partial charge < -0.3 is 14.6 Å². The molecule has 0 saturated heterocycles. The van der Waals surface area contributed by atoms with Gasteiger partial charge in [-0.25, -0.2) is 0 Å². The van der Waals surface area contributed by atoms with Gasteiger partial charge in [0.05, 0.1) is 6.61 Å². The van der Waals surface area contributed by atoms with Crippen LogP contribution in [0.3, 0.4) is 0 Å². The van der Waals surface area contributed by atoms with Crippen LogP contribution >= 0.6 is 0 Å². The number of aliphatic hydroxyl groups excluding tert-OH is 1. The van der Waals surface area contributed by atoms with Gasteiger partial charge in [0.25, 0.3) is 0 Å². The smallest absolute Gasteiger partial charge is 0.306 e. The number of esters is 2. The summed E-state index contributed by atoms with van der Waals surface area (Å²) in [5.41, 5.74) is 0. The van der Waals surface area contributed by atoms with E-state index in [-0.39, 0.29) is 25.2 Å². The fraction of sp³-hybridized carbons (Fsp3) is 0.778. The van der Waals surface area contributed by atoms with Crippen LogP contribution < -0.4 is 0 Å². The average Bonchev–Trinajstić information content (AvgIpc) is 2.97. The number of carbonyl (C=O) groups excluding carboxylic acids is 2. The average molecular weight is 577 g/mol. The fourth-order valence-electron chi connectivity index (χ4n) is 4.50. The molecule has 0 aliphatic carbocycles. The second-order valence-electron chi connectivity index (χ2n) is 11.2. The van der Waals surface area contributed by atoms with E-state index in [4.69, 9.17) is 9.47 Å². The third kappa shape index (κ3) is 30.9. The number of carbonyl (C=O) groups is 2. The van der Waals surface area contributed by atoms with Crippen LogP contribution in [0.15, 0.2) is 36.5 Å². The first kappa shape index (κ1) is 39.1. The third-order valence-electron chi connectivity index (χ3n) is 7.16. The number of hydrogen-bond donors (Lipinski definition) is 1. The van der Waals surface area contributed by atoms with Gasteiger partial charge in [0.15, 0.2) is 6.10 Å². The maximum absolute atomic E-state index is 12.1. The molecule has 0 saturated carbocycles. The molecule has 41 heavy (non-hydrogen) atoms. The van der Waals surface area contributed by atoms with Crippen LogP contribution in [0.25, 0.3) is 0 Å². The quantitative estimate of drug-likeness (QED) is 0.0523. The van der Waals surface area contributed by atoms with E-state index in [1.165, 1.54) is 70.6 Å². The molecule has 0 amide bonds. The number of rotatable bonds is 30. The van der Waals surface area contributed by atoms with Gasteiger partial charge >= 0.3 is 11.9 Å². The Morgan fingerprint density at radius 3 is 1.54 bits per heavy atom. The normalized spacial score (nSPS) is 12.6. The van der Waals surface area contributed by atoms with Crippen molar-refractivity contribution in [2.45, 2.75) is 168 Å². The highest BCUT2D eigenvalue weighted by molar-refractivity contribution is 5.70. The molecule has 238 valence electrons. The predicted molar refractivity (Wildman–Crippen MR) is 173 cm³/mol. The lowest BCUT2D eigenvalue weighted by molar-refractivity contribution is -0.161. The summed E-state index contributed by atoms with van der Waals surface area (Å²) < 4.78 is 10.5. The zero-order valence-corrected chi connectivity index (χ0v) is 26.8. The summed E-state index contributed by atoms with van der Waals surface area (Å²) in [7, 11) is 0. The molecule has 0 aromatic rings. The van der Waals surface area contributed by atoms with Gasteiger partial charge in [0.1, 0.15) is 6.61 Å². The SMILES string of the molecule is CCCC/C=C\C/C=C\CCCCCCCC(=O)O[C@@H](CO)COC(=O)CCCCCCC/C=C\CCCCCC. The topological polar surface area (TPSA) is 72.8 Å². The number of ether oxygens (including phenoxy) is 2. The summed E-state index contributed by atoms with van der Waals surface area (Å²) in [6.45, 7) is 4.04. The van der Waals surface area contributed by atoms with Crippen LogP contribution in [0, 0.1) is 0 Å². The van der Waals surface area contributed by atoms with Crippen molar-refractivity contribution in [1.82, 2.24) is 0 Å². The highest BCUT2D eigenvalue weighted by Crippen LogP contribution is 2.11. The lowest BCUT2D eigenvalue weighted by Gasteiger charge is -2.15. The summed E-state index contributed by atoms with van der Waals surface area (Å²) in [6, 6.07) is 0. The maximum Gasteiger partial charge on any atom is 0.306 e. The Morgan fingerprint density at radius 1 is 0.561 bits per heavy atom. The molecule has 5 nitrogen and oxygen atoms in total. The van der Waals surface area contributed by atoms with Crippen molar-refractivity contribution in [2.24, 2.45) is 0 Å². The van der Waals surface area contributed by atoms with E-state index >= 15 is 0 Å². The van der Waals surface area contributed by atoms with Gasteiger partial charge in [-0.1, -0.05) is 121 Å². The zero-order valence-electron chi connectivity index (χ0n) is 26.8. The molecule has 0 rings (SSSR count). The fourth-order valence-corrected chi connectivity index (χ4v) is 4.50. The Morgan fingerprint density at radius 2 is 1.00 bits per heavy atom. The largest absolute Gasteiger partial charge is 0.462 e. The van der Waals surface area contributed by atoms with Gasteiger partial charge in [-0.15, -0.1) is 0 Å². The Labute approximate surface area is 253 Å². The monoisotopic (exact) mass is 576 g/mol. The van der Waals surface area contributed by atoms with Crippen LogP contribution in [-0.4, -0.2) is 36.4 Å². The Balaban J connectivity index is 3.63. The van der Waals surface area contributed by atoms with Crippen molar-refractivity contribution in [3.63, 3.8) is 0 Å². The lowest BCUT2D eigenvalue weighted by atomic mass is 10.1. The predicted octanol–water partition coefficient (Wildman–Crippen LogP) is 10.1. The van der Waals surface area contributed by atoms with Crippen LogP contribution in [-0.2, 0) is 19.1 Å². The number of aliphatic hydroxyl groups is 1. The van der Waals surface area contributed by atoms with E-state index in [1.807, 2.05) is 0 Å². The van der Waals surface area contributed by atoms with E-state index in [1.54, 1.807) is 0 Å². The van der Waals surface area contributed by atoms with Crippen molar-refractivity contribution in [3.8, 4) is 0 Å². The van der Waals surface area contributed by atoms with Gasteiger partial charge in [-0.05, 0) is 64.2 Å². The Bertz CT molecular complexity index is 667.